The van der Waals surface area contributed by atoms with E-state index >= 15 is 0 Å². The zero-order valence-electron chi connectivity index (χ0n) is 7.19. The average molecular weight is 209 g/mol. The Morgan fingerprint density at radius 2 is 2.43 bits per heavy atom. The van der Waals surface area contributed by atoms with Crippen molar-refractivity contribution < 1.29 is 4.92 Å². The van der Waals surface area contributed by atoms with Crippen LogP contribution in [-0.2, 0) is 0 Å². The predicted octanol–water partition coefficient (Wildman–Crippen LogP) is 2.10. The third-order valence-corrected chi connectivity index (χ3v) is 2.92. The van der Waals surface area contributed by atoms with E-state index in [2.05, 4.69) is 5.32 Å². The van der Waals surface area contributed by atoms with E-state index in [-0.39, 0.29) is 5.00 Å². The van der Waals surface area contributed by atoms with Crippen LogP contribution >= 0.6 is 11.3 Å². The van der Waals surface area contributed by atoms with Crippen LogP contribution in [-0.4, -0.2) is 11.0 Å². The smallest absolute Gasteiger partial charge is 0.348 e. The molecule has 14 heavy (non-hydrogen) atoms. The van der Waals surface area contributed by atoms with Gasteiger partial charge in [-0.05, 0) is 30.2 Å². The van der Waals surface area contributed by atoms with Gasteiger partial charge in [0, 0.05) is 6.04 Å². The molecule has 0 atom stereocenters. The van der Waals surface area contributed by atoms with Crippen LogP contribution in [0.15, 0.2) is 6.07 Å². The molecule has 1 aliphatic rings. The van der Waals surface area contributed by atoms with Gasteiger partial charge in [-0.3, -0.25) is 10.1 Å². The Labute approximate surface area is 84.1 Å². The van der Waals surface area contributed by atoms with E-state index in [1.54, 1.807) is 6.07 Å². The molecule has 72 valence electrons. The molecule has 1 aromatic rings. The van der Waals surface area contributed by atoms with Crippen LogP contribution in [0.5, 0.6) is 0 Å². The number of nitriles is 1. The van der Waals surface area contributed by atoms with Crippen LogP contribution in [0.2, 0.25) is 0 Å². The molecule has 0 unspecified atom stereocenters. The summed E-state index contributed by atoms with van der Waals surface area (Å²) in [4.78, 5) is 10.5. The summed E-state index contributed by atoms with van der Waals surface area (Å²) in [5.41, 5.74) is 0.485. The van der Waals surface area contributed by atoms with Gasteiger partial charge in [0.25, 0.3) is 0 Å². The molecule has 1 heterocycles. The molecule has 1 saturated carbocycles. The molecular formula is C8H7N3O2S. The van der Waals surface area contributed by atoms with Gasteiger partial charge >= 0.3 is 5.00 Å². The number of thiophene rings is 1. The number of nitrogens with one attached hydrogen (secondary N) is 1. The Kier molecular flexibility index (Phi) is 2.09. The van der Waals surface area contributed by atoms with E-state index in [4.69, 9.17) is 5.26 Å². The van der Waals surface area contributed by atoms with Gasteiger partial charge in [-0.25, -0.2) is 0 Å². The minimum Gasteiger partial charge on any atom is -0.376 e. The lowest BCUT2D eigenvalue weighted by Gasteiger charge is -1.98. The molecule has 1 fully saturated rings. The zero-order chi connectivity index (χ0) is 10.1. The van der Waals surface area contributed by atoms with Crippen LogP contribution < -0.4 is 5.32 Å². The van der Waals surface area contributed by atoms with Crippen molar-refractivity contribution in [3.63, 3.8) is 0 Å². The van der Waals surface area contributed by atoms with Crippen molar-refractivity contribution in [2.24, 2.45) is 0 Å². The molecule has 5 nitrogen and oxygen atoms in total. The van der Waals surface area contributed by atoms with Crippen molar-refractivity contribution in [3.8, 4) is 6.07 Å². The van der Waals surface area contributed by atoms with Crippen molar-refractivity contribution >= 4 is 22.0 Å². The average Bonchev–Trinajstić information content (AvgIpc) is 2.83. The number of rotatable bonds is 3. The molecule has 0 amide bonds. The highest BCUT2D eigenvalue weighted by atomic mass is 32.1. The highest BCUT2D eigenvalue weighted by Gasteiger charge is 2.26. The molecule has 0 spiro atoms. The number of nitro groups is 1. The first-order chi connectivity index (χ1) is 6.70. The Morgan fingerprint density at radius 1 is 1.71 bits per heavy atom. The van der Waals surface area contributed by atoms with Gasteiger partial charge in [0.05, 0.1) is 4.92 Å². The van der Waals surface area contributed by atoms with Gasteiger partial charge in [-0.15, -0.1) is 0 Å². The topological polar surface area (TPSA) is 79.0 Å². The minimum atomic E-state index is -0.448. The normalized spacial score (nSPS) is 14.8. The molecule has 1 aliphatic carbocycles. The maximum atomic E-state index is 10.6. The second-order valence-corrected chi connectivity index (χ2v) is 4.15. The molecule has 0 aliphatic heterocycles. The highest BCUT2D eigenvalue weighted by molar-refractivity contribution is 7.16. The van der Waals surface area contributed by atoms with Crippen molar-refractivity contribution in [2.75, 3.05) is 5.32 Å². The van der Waals surface area contributed by atoms with E-state index in [1.807, 2.05) is 6.07 Å². The van der Waals surface area contributed by atoms with Crippen LogP contribution in [0, 0.1) is 21.4 Å². The summed E-state index contributed by atoms with van der Waals surface area (Å²) < 4.78 is 0. The number of nitrogens with zero attached hydrogens (tertiary/aromatic N) is 2. The SMILES string of the molecule is N#Cc1cc(NC2CC2)c([N+](=O)[O-])s1. The quantitative estimate of drug-likeness (QED) is 0.610. The maximum Gasteiger partial charge on any atom is 0.348 e. The van der Waals surface area contributed by atoms with E-state index in [0.717, 1.165) is 24.2 Å². The number of anilines is 1. The molecule has 0 aromatic carbocycles. The second kappa shape index (κ2) is 3.27. The standard InChI is InChI=1S/C8H7N3O2S/c9-4-6-3-7(10-5-1-2-5)8(14-6)11(12)13/h3,5,10H,1-2H2. The minimum absolute atomic E-state index is 0.0356. The Morgan fingerprint density at radius 3 is 2.93 bits per heavy atom. The summed E-state index contributed by atoms with van der Waals surface area (Å²) in [6.07, 6.45) is 2.10. The molecule has 6 heteroatoms. The fourth-order valence-corrected chi connectivity index (χ4v) is 1.86. The third kappa shape index (κ3) is 1.67. The number of hydrogen-bond donors (Lipinski definition) is 1. The fraction of sp³-hybridized carbons (Fsp3) is 0.375. The van der Waals surface area contributed by atoms with Crippen molar-refractivity contribution in [1.29, 1.82) is 5.26 Å². The third-order valence-electron chi connectivity index (χ3n) is 1.93. The van der Waals surface area contributed by atoms with Gasteiger partial charge in [0.2, 0.25) is 0 Å². The number of hydrogen-bond acceptors (Lipinski definition) is 5. The summed E-state index contributed by atoms with van der Waals surface area (Å²) in [5, 5.41) is 22.3. The molecule has 1 aromatic heterocycles. The fourth-order valence-electron chi connectivity index (χ4n) is 1.12. The molecule has 0 saturated heterocycles. The molecular weight excluding hydrogens is 202 g/mol. The van der Waals surface area contributed by atoms with Gasteiger partial charge < -0.3 is 5.32 Å². The van der Waals surface area contributed by atoms with Crippen molar-refractivity contribution in [2.45, 2.75) is 18.9 Å². The lowest BCUT2D eigenvalue weighted by molar-refractivity contribution is -0.379. The largest absolute Gasteiger partial charge is 0.376 e. The van der Waals surface area contributed by atoms with Gasteiger partial charge in [-0.1, -0.05) is 0 Å². The summed E-state index contributed by atoms with van der Waals surface area (Å²) in [6.45, 7) is 0. The molecule has 0 radical (unpaired) electrons. The Hall–Kier alpha value is -1.61. The van der Waals surface area contributed by atoms with E-state index in [0.29, 0.717) is 16.6 Å². The van der Waals surface area contributed by atoms with Crippen molar-refractivity contribution in [1.82, 2.24) is 0 Å². The lowest BCUT2D eigenvalue weighted by atomic mass is 10.4. The first kappa shape index (κ1) is 8.97. The maximum absolute atomic E-state index is 10.6. The Balaban J connectivity index is 2.30. The summed E-state index contributed by atoms with van der Waals surface area (Å²) in [5.74, 6) is 0. The predicted molar refractivity (Wildman–Crippen MR) is 52.3 cm³/mol. The molecule has 1 N–H and O–H groups in total. The molecule has 2 rings (SSSR count). The van der Waals surface area contributed by atoms with Gasteiger partial charge in [-0.2, -0.15) is 5.26 Å². The van der Waals surface area contributed by atoms with Crippen molar-refractivity contribution in [3.05, 3.63) is 21.1 Å². The van der Waals surface area contributed by atoms with E-state index in [1.165, 1.54) is 0 Å². The highest BCUT2D eigenvalue weighted by Crippen LogP contribution is 2.37. The molecule has 0 bridgehead atoms. The summed E-state index contributed by atoms with van der Waals surface area (Å²) in [6, 6.07) is 3.81. The van der Waals surface area contributed by atoms with Crippen LogP contribution in [0.1, 0.15) is 17.7 Å². The first-order valence-electron chi connectivity index (χ1n) is 4.15. The first-order valence-corrected chi connectivity index (χ1v) is 4.97. The van der Waals surface area contributed by atoms with E-state index < -0.39 is 4.92 Å². The summed E-state index contributed by atoms with van der Waals surface area (Å²) >= 11 is 0.915. The van der Waals surface area contributed by atoms with Crippen LogP contribution in [0.3, 0.4) is 0 Å². The summed E-state index contributed by atoms with van der Waals surface area (Å²) in [7, 11) is 0. The Bertz CT molecular complexity index is 417. The van der Waals surface area contributed by atoms with Gasteiger partial charge in [0.15, 0.2) is 0 Å². The van der Waals surface area contributed by atoms with Crippen LogP contribution in [0.4, 0.5) is 10.7 Å². The van der Waals surface area contributed by atoms with Gasteiger partial charge in [0.1, 0.15) is 16.6 Å². The lowest BCUT2D eigenvalue weighted by Crippen LogP contribution is -2.01. The second-order valence-electron chi connectivity index (χ2n) is 3.12. The zero-order valence-corrected chi connectivity index (χ0v) is 8.00. The monoisotopic (exact) mass is 209 g/mol. The van der Waals surface area contributed by atoms with E-state index in [9.17, 15) is 10.1 Å². The van der Waals surface area contributed by atoms with Crippen LogP contribution in [0.25, 0.3) is 0 Å².